The summed E-state index contributed by atoms with van der Waals surface area (Å²) in [5, 5.41) is 6.97. The highest BCUT2D eigenvalue weighted by Gasteiger charge is 2.23. The van der Waals surface area contributed by atoms with E-state index in [0.29, 0.717) is 12.6 Å². The molecule has 32 heavy (non-hydrogen) atoms. The molecular formula is C24H32IN7. The molecule has 0 aliphatic carbocycles. The topological polar surface area (TPSA) is 70.4 Å². The van der Waals surface area contributed by atoms with E-state index in [1.807, 2.05) is 30.0 Å². The van der Waals surface area contributed by atoms with E-state index in [-0.39, 0.29) is 24.0 Å². The Morgan fingerprint density at radius 2 is 1.94 bits per heavy atom. The maximum atomic E-state index is 4.78. The number of halogens is 1. The van der Waals surface area contributed by atoms with Crippen molar-refractivity contribution in [1.82, 2.24) is 25.2 Å². The summed E-state index contributed by atoms with van der Waals surface area (Å²) in [6.45, 7) is 9.63. The lowest BCUT2D eigenvalue weighted by Gasteiger charge is -2.20. The molecule has 1 aliphatic rings. The third kappa shape index (κ3) is 5.99. The summed E-state index contributed by atoms with van der Waals surface area (Å²) >= 11 is 0. The van der Waals surface area contributed by atoms with Gasteiger partial charge in [-0.05, 0) is 51.0 Å². The molecule has 170 valence electrons. The van der Waals surface area contributed by atoms with Gasteiger partial charge in [-0.15, -0.1) is 24.0 Å². The molecule has 2 N–H and O–H groups in total. The molecule has 0 bridgehead atoms. The van der Waals surface area contributed by atoms with Crippen molar-refractivity contribution >= 4 is 35.6 Å². The second kappa shape index (κ2) is 11.3. The Morgan fingerprint density at radius 3 is 2.59 bits per heavy atom. The number of aryl methyl sites for hydroxylation is 2. The molecule has 1 aliphatic heterocycles. The van der Waals surface area contributed by atoms with Gasteiger partial charge in [0.1, 0.15) is 11.6 Å². The Labute approximate surface area is 207 Å². The fraction of sp³-hybridized carbons (Fsp3) is 0.375. The van der Waals surface area contributed by atoms with Gasteiger partial charge in [0.25, 0.3) is 0 Å². The van der Waals surface area contributed by atoms with E-state index in [1.165, 1.54) is 11.3 Å². The number of guanidine groups is 1. The highest BCUT2D eigenvalue weighted by atomic mass is 127. The Balaban J connectivity index is 0.00000289. The minimum atomic E-state index is 0. The number of hydrogen-bond acceptors (Lipinski definition) is 4. The highest BCUT2D eigenvalue weighted by molar-refractivity contribution is 14.0. The van der Waals surface area contributed by atoms with Crippen molar-refractivity contribution in [1.29, 1.82) is 0 Å². The van der Waals surface area contributed by atoms with Crippen LogP contribution in [0, 0.1) is 13.8 Å². The van der Waals surface area contributed by atoms with E-state index in [4.69, 9.17) is 4.99 Å². The number of rotatable bonds is 6. The zero-order valence-electron chi connectivity index (χ0n) is 19.0. The number of nitrogens with zero attached hydrogens (tertiary/aromatic N) is 5. The number of aliphatic imine (C=N–C) groups is 1. The first kappa shape index (κ1) is 24.0. The standard InChI is InChI=1S/C24H31N7.HI/c1-4-25-24(29-21-11-13-30(17-21)22-8-5-18(2)6-9-22)28-16-20-7-10-23(27-15-20)31-14-12-26-19(31)3;/h5-10,12,14-15,21H,4,11,13,16-17H2,1-3H3,(H2,25,28,29);1H. The molecule has 0 spiro atoms. The molecule has 4 rings (SSSR count). The van der Waals surface area contributed by atoms with Crippen molar-refractivity contribution < 1.29 is 0 Å². The second-order valence-corrected chi connectivity index (χ2v) is 7.98. The van der Waals surface area contributed by atoms with E-state index in [0.717, 1.165) is 49.2 Å². The maximum absolute atomic E-state index is 4.78. The van der Waals surface area contributed by atoms with Crippen LogP contribution < -0.4 is 15.5 Å². The Bertz CT molecular complexity index is 1010. The molecule has 7 nitrogen and oxygen atoms in total. The molecule has 1 unspecified atom stereocenters. The van der Waals surface area contributed by atoms with Gasteiger partial charge in [-0.2, -0.15) is 0 Å². The van der Waals surface area contributed by atoms with Crippen molar-refractivity contribution in [2.24, 2.45) is 4.99 Å². The van der Waals surface area contributed by atoms with Crippen molar-refractivity contribution in [2.75, 3.05) is 24.5 Å². The summed E-state index contributed by atoms with van der Waals surface area (Å²) < 4.78 is 1.97. The predicted octanol–water partition coefficient (Wildman–Crippen LogP) is 3.84. The van der Waals surface area contributed by atoms with Gasteiger partial charge in [0.05, 0.1) is 6.54 Å². The van der Waals surface area contributed by atoms with E-state index in [1.54, 1.807) is 6.20 Å². The number of imidazole rings is 1. The molecule has 1 saturated heterocycles. The van der Waals surface area contributed by atoms with E-state index < -0.39 is 0 Å². The van der Waals surface area contributed by atoms with Gasteiger partial charge in [0, 0.05) is 50.0 Å². The quantitative estimate of drug-likeness (QED) is 0.280. The molecule has 0 radical (unpaired) electrons. The fourth-order valence-corrected chi connectivity index (χ4v) is 3.82. The zero-order valence-corrected chi connectivity index (χ0v) is 21.3. The van der Waals surface area contributed by atoms with Crippen LogP contribution in [-0.2, 0) is 6.54 Å². The lowest BCUT2D eigenvalue weighted by Crippen LogP contribution is -2.44. The van der Waals surface area contributed by atoms with Crippen LogP contribution in [0.3, 0.4) is 0 Å². The average molecular weight is 545 g/mol. The normalized spacial score (nSPS) is 16.0. The number of hydrogen-bond donors (Lipinski definition) is 2. The molecule has 2 aromatic heterocycles. The fourth-order valence-electron chi connectivity index (χ4n) is 3.82. The first-order chi connectivity index (χ1) is 15.1. The Hall–Kier alpha value is -2.62. The van der Waals surface area contributed by atoms with Crippen LogP contribution >= 0.6 is 24.0 Å². The van der Waals surface area contributed by atoms with Crippen LogP contribution in [0.25, 0.3) is 5.82 Å². The van der Waals surface area contributed by atoms with Gasteiger partial charge >= 0.3 is 0 Å². The van der Waals surface area contributed by atoms with E-state index >= 15 is 0 Å². The number of nitrogens with one attached hydrogen (secondary N) is 2. The van der Waals surface area contributed by atoms with Crippen LogP contribution in [0.2, 0.25) is 0 Å². The minimum Gasteiger partial charge on any atom is -0.369 e. The largest absolute Gasteiger partial charge is 0.369 e. The summed E-state index contributed by atoms with van der Waals surface area (Å²) in [5.74, 6) is 2.65. The van der Waals surface area contributed by atoms with Gasteiger partial charge in [-0.3, -0.25) is 4.57 Å². The van der Waals surface area contributed by atoms with Crippen LogP contribution in [0.1, 0.15) is 30.3 Å². The molecular weight excluding hydrogens is 513 g/mol. The van der Waals surface area contributed by atoms with Crippen LogP contribution in [0.5, 0.6) is 0 Å². The molecule has 3 aromatic rings. The molecule has 1 atom stereocenters. The summed E-state index contributed by atoms with van der Waals surface area (Å²) in [6.07, 6.45) is 6.69. The smallest absolute Gasteiger partial charge is 0.191 e. The SMILES string of the molecule is CCNC(=NCc1ccc(-n2ccnc2C)nc1)NC1CCN(c2ccc(C)cc2)C1.I. The molecule has 1 aromatic carbocycles. The molecule has 0 amide bonds. The van der Waals surface area contributed by atoms with Gasteiger partial charge in [-0.1, -0.05) is 23.8 Å². The number of benzene rings is 1. The van der Waals surface area contributed by atoms with Crippen molar-refractivity contribution in [3.63, 3.8) is 0 Å². The Kier molecular flexibility index (Phi) is 8.49. The van der Waals surface area contributed by atoms with Crippen molar-refractivity contribution in [3.05, 3.63) is 71.9 Å². The monoisotopic (exact) mass is 545 g/mol. The lowest BCUT2D eigenvalue weighted by molar-refractivity contribution is 0.649. The van der Waals surface area contributed by atoms with Gasteiger partial charge < -0.3 is 15.5 Å². The summed E-state index contributed by atoms with van der Waals surface area (Å²) in [5.41, 5.74) is 3.66. The van der Waals surface area contributed by atoms with E-state index in [9.17, 15) is 0 Å². The molecule has 0 saturated carbocycles. The average Bonchev–Trinajstić information content (AvgIpc) is 3.42. The second-order valence-electron chi connectivity index (χ2n) is 7.98. The molecule has 3 heterocycles. The first-order valence-corrected chi connectivity index (χ1v) is 10.9. The third-order valence-corrected chi connectivity index (χ3v) is 5.57. The number of pyridine rings is 1. The van der Waals surface area contributed by atoms with Gasteiger partial charge in [-0.25, -0.2) is 15.0 Å². The third-order valence-electron chi connectivity index (χ3n) is 5.57. The summed E-state index contributed by atoms with van der Waals surface area (Å²) in [6, 6.07) is 13.2. The van der Waals surface area contributed by atoms with Gasteiger partial charge in [0.15, 0.2) is 5.96 Å². The highest BCUT2D eigenvalue weighted by Crippen LogP contribution is 2.20. The summed E-state index contributed by atoms with van der Waals surface area (Å²) in [7, 11) is 0. The minimum absolute atomic E-state index is 0. The maximum Gasteiger partial charge on any atom is 0.191 e. The van der Waals surface area contributed by atoms with Crippen LogP contribution in [0.4, 0.5) is 5.69 Å². The number of anilines is 1. The van der Waals surface area contributed by atoms with Gasteiger partial charge in [0.2, 0.25) is 0 Å². The Morgan fingerprint density at radius 1 is 1.12 bits per heavy atom. The van der Waals surface area contributed by atoms with Crippen molar-refractivity contribution in [3.8, 4) is 5.82 Å². The van der Waals surface area contributed by atoms with E-state index in [2.05, 4.69) is 69.7 Å². The van der Waals surface area contributed by atoms with Crippen LogP contribution in [-0.4, -0.2) is 46.2 Å². The number of aromatic nitrogens is 3. The van der Waals surface area contributed by atoms with Crippen LogP contribution in [0.15, 0.2) is 60.0 Å². The predicted molar refractivity (Wildman–Crippen MR) is 141 cm³/mol. The zero-order chi connectivity index (χ0) is 21.6. The molecule has 8 heteroatoms. The van der Waals surface area contributed by atoms with Crippen molar-refractivity contribution in [2.45, 2.75) is 39.8 Å². The molecule has 1 fully saturated rings. The first-order valence-electron chi connectivity index (χ1n) is 10.9. The summed E-state index contributed by atoms with van der Waals surface area (Å²) in [4.78, 5) is 16.0. The lowest BCUT2D eigenvalue weighted by atomic mass is 10.2.